The minimum Gasteiger partial charge on any atom is -0.263 e. The SMILES string of the molecule is Cc1ccc(S(=O)(=O)NCCc2ncn[nH]2)cc1F. The van der Waals surface area contributed by atoms with Gasteiger partial charge in [0.25, 0.3) is 0 Å². The molecule has 0 unspecified atom stereocenters. The standard InChI is InChI=1S/C11H13FN4O2S/c1-8-2-3-9(6-10(8)12)19(17,18)15-5-4-11-13-7-14-16-11/h2-3,6-7,15H,4-5H2,1H3,(H,13,14,16). The van der Waals surface area contributed by atoms with Crippen molar-refractivity contribution in [2.24, 2.45) is 0 Å². The molecule has 1 aromatic heterocycles. The number of nitrogens with zero attached hydrogens (tertiary/aromatic N) is 2. The molecule has 0 fully saturated rings. The first-order chi connectivity index (χ1) is 8.99. The van der Waals surface area contributed by atoms with E-state index in [0.717, 1.165) is 6.07 Å². The summed E-state index contributed by atoms with van der Waals surface area (Å²) in [7, 11) is -3.70. The largest absolute Gasteiger partial charge is 0.263 e. The first-order valence-electron chi connectivity index (χ1n) is 5.59. The average molecular weight is 284 g/mol. The van der Waals surface area contributed by atoms with Crippen molar-refractivity contribution in [3.63, 3.8) is 0 Å². The highest BCUT2D eigenvalue weighted by Crippen LogP contribution is 2.13. The van der Waals surface area contributed by atoms with E-state index in [4.69, 9.17) is 0 Å². The van der Waals surface area contributed by atoms with Gasteiger partial charge in [0.2, 0.25) is 10.0 Å². The summed E-state index contributed by atoms with van der Waals surface area (Å²) in [5.74, 6) is 0.0379. The molecule has 102 valence electrons. The van der Waals surface area contributed by atoms with Crippen molar-refractivity contribution in [1.29, 1.82) is 0 Å². The summed E-state index contributed by atoms with van der Waals surface area (Å²) in [6.45, 7) is 1.73. The van der Waals surface area contributed by atoms with Crippen LogP contribution in [-0.4, -0.2) is 30.1 Å². The smallest absolute Gasteiger partial charge is 0.240 e. The molecule has 0 bridgehead atoms. The topological polar surface area (TPSA) is 87.7 Å². The average Bonchev–Trinajstić information content (AvgIpc) is 2.85. The van der Waals surface area contributed by atoms with Gasteiger partial charge in [0.15, 0.2) is 0 Å². The van der Waals surface area contributed by atoms with Crippen LogP contribution < -0.4 is 4.72 Å². The zero-order valence-corrected chi connectivity index (χ0v) is 11.0. The number of halogens is 1. The van der Waals surface area contributed by atoms with E-state index in [2.05, 4.69) is 19.9 Å². The van der Waals surface area contributed by atoms with Crippen molar-refractivity contribution in [3.05, 3.63) is 41.7 Å². The Balaban J connectivity index is 2.03. The normalized spacial score (nSPS) is 11.7. The van der Waals surface area contributed by atoms with Gasteiger partial charge in [0.05, 0.1) is 4.90 Å². The summed E-state index contributed by atoms with van der Waals surface area (Å²) in [4.78, 5) is 3.78. The minimum absolute atomic E-state index is 0.0897. The summed E-state index contributed by atoms with van der Waals surface area (Å²) < 4.78 is 39.5. The second-order valence-electron chi connectivity index (χ2n) is 3.99. The summed E-state index contributed by atoms with van der Waals surface area (Å²) >= 11 is 0. The molecule has 2 rings (SSSR count). The maximum absolute atomic E-state index is 13.3. The Kier molecular flexibility index (Phi) is 3.91. The molecular formula is C11H13FN4O2S. The van der Waals surface area contributed by atoms with Crippen molar-refractivity contribution >= 4 is 10.0 Å². The van der Waals surface area contributed by atoms with Crippen LogP contribution in [0.15, 0.2) is 29.4 Å². The number of aromatic nitrogens is 3. The third-order valence-electron chi connectivity index (χ3n) is 2.57. The summed E-state index contributed by atoms with van der Waals surface area (Å²) in [5, 5.41) is 6.28. The predicted octanol–water partition coefficient (Wildman–Crippen LogP) is 0.773. The number of H-pyrrole nitrogens is 1. The van der Waals surface area contributed by atoms with E-state index in [1.807, 2.05) is 0 Å². The van der Waals surface area contributed by atoms with E-state index in [0.29, 0.717) is 17.8 Å². The van der Waals surface area contributed by atoms with Gasteiger partial charge in [0.1, 0.15) is 18.0 Å². The van der Waals surface area contributed by atoms with Crippen LogP contribution in [0.5, 0.6) is 0 Å². The monoisotopic (exact) mass is 284 g/mol. The molecule has 0 aliphatic carbocycles. The molecule has 0 aliphatic heterocycles. The molecule has 0 spiro atoms. The third-order valence-corrected chi connectivity index (χ3v) is 4.03. The van der Waals surface area contributed by atoms with E-state index in [1.165, 1.54) is 18.5 Å². The first-order valence-corrected chi connectivity index (χ1v) is 7.07. The summed E-state index contributed by atoms with van der Waals surface area (Å²) in [6.07, 6.45) is 1.73. The minimum atomic E-state index is -3.70. The van der Waals surface area contributed by atoms with Crippen molar-refractivity contribution in [2.45, 2.75) is 18.2 Å². The Bertz CT molecular complexity index is 655. The third kappa shape index (κ3) is 3.36. The molecule has 1 aromatic carbocycles. The Morgan fingerprint density at radius 2 is 2.21 bits per heavy atom. The molecule has 8 heteroatoms. The number of rotatable bonds is 5. The van der Waals surface area contributed by atoms with E-state index in [-0.39, 0.29) is 11.4 Å². The van der Waals surface area contributed by atoms with Crippen LogP contribution >= 0.6 is 0 Å². The Morgan fingerprint density at radius 3 is 2.84 bits per heavy atom. The Morgan fingerprint density at radius 1 is 1.42 bits per heavy atom. The fraction of sp³-hybridized carbons (Fsp3) is 0.273. The van der Waals surface area contributed by atoms with Crippen LogP contribution in [0.2, 0.25) is 0 Å². The number of aromatic amines is 1. The fourth-order valence-corrected chi connectivity index (χ4v) is 2.52. The summed E-state index contributed by atoms with van der Waals surface area (Å²) in [5.41, 5.74) is 0.403. The highest BCUT2D eigenvalue weighted by molar-refractivity contribution is 7.89. The van der Waals surface area contributed by atoms with Gasteiger partial charge < -0.3 is 0 Å². The van der Waals surface area contributed by atoms with Gasteiger partial charge in [-0.05, 0) is 24.6 Å². The van der Waals surface area contributed by atoms with E-state index in [9.17, 15) is 12.8 Å². The molecule has 2 aromatic rings. The van der Waals surface area contributed by atoms with Gasteiger partial charge in [-0.3, -0.25) is 5.10 Å². The Labute approximate surface area is 110 Å². The zero-order valence-electron chi connectivity index (χ0n) is 10.2. The number of nitrogens with one attached hydrogen (secondary N) is 2. The molecule has 1 heterocycles. The lowest BCUT2D eigenvalue weighted by atomic mass is 10.2. The molecule has 0 saturated carbocycles. The molecule has 0 saturated heterocycles. The number of sulfonamides is 1. The van der Waals surface area contributed by atoms with Crippen molar-refractivity contribution < 1.29 is 12.8 Å². The molecule has 6 nitrogen and oxygen atoms in total. The molecule has 0 atom stereocenters. The second kappa shape index (κ2) is 5.45. The summed E-state index contributed by atoms with van der Waals surface area (Å²) in [6, 6.07) is 3.81. The fourth-order valence-electron chi connectivity index (χ4n) is 1.48. The van der Waals surface area contributed by atoms with Crippen LogP contribution in [-0.2, 0) is 16.4 Å². The lowest BCUT2D eigenvalue weighted by Crippen LogP contribution is -2.26. The lowest BCUT2D eigenvalue weighted by molar-refractivity contribution is 0.576. The molecule has 0 amide bonds. The molecule has 19 heavy (non-hydrogen) atoms. The molecule has 0 aliphatic rings. The van der Waals surface area contributed by atoms with Gasteiger partial charge >= 0.3 is 0 Å². The van der Waals surface area contributed by atoms with Gasteiger partial charge in [-0.25, -0.2) is 22.5 Å². The van der Waals surface area contributed by atoms with Crippen LogP contribution in [0.25, 0.3) is 0 Å². The second-order valence-corrected chi connectivity index (χ2v) is 5.76. The maximum atomic E-state index is 13.3. The van der Waals surface area contributed by atoms with Gasteiger partial charge in [0, 0.05) is 13.0 Å². The predicted molar refractivity (Wildman–Crippen MR) is 66.4 cm³/mol. The van der Waals surface area contributed by atoms with Gasteiger partial charge in [-0.2, -0.15) is 5.10 Å². The quantitative estimate of drug-likeness (QED) is 0.849. The van der Waals surface area contributed by atoms with Gasteiger partial charge in [-0.15, -0.1) is 0 Å². The lowest BCUT2D eigenvalue weighted by Gasteiger charge is -2.06. The highest BCUT2D eigenvalue weighted by atomic mass is 32.2. The van der Waals surface area contributed by atoms with Crippen molar-refractivity contribution in [1.82, 2.24) is 19.9 Å². The number of hydrogen-bond acceptors (Lipinski definition) is 4. The van der Waals surface area contributed by atoms with E-state index in [1.54, 1.807) is 6.92 Å². The van der Waals surface area contributed by atoms with Crippen molar-refractivity contribution in [2.75, 3.05) is 6.54 Å². The van der Waals surface area contributed by atoms with E-state index < -0.39 is 15.8 Å². The highest BCUT2D eigenvalue weighted by Gasteiger charge is 2.15. The van der Waals surface area contributed by atoms with Crippen molar-refractivity contribution in [3.8, 4) is 0 Å². The van der Waals surface area contributed by atoms with E-state index >= 15 is 0 Å². The van der Waals surface area contributed by atoms with Crippen LogP contribution in [0, 0.1) is 12.7 Å². The van der Waals surface area contributed by atoms with Crippen LogP contribution in [0.1, 0.15) is 11.4 Å². The van der Waals surface area contributed by atoms with Gasteiger partial charge in [-0.1, -0.05) is 6.07 Å². The van der Waals surface area contributed by atoms with Crippen LogP contribution in [0.4, 0.5) is 4.39 Å². The number of benzene rings is 1. The molecule has 0 radical (unpaired) electrons. The maximum Gasteiger partial charge on any atom is 0.240 e. The molecule has 2 N–H and O–H groups in total. The Hall–Kier alpha value is -1.80. The van der Waals surface area contributed by atoms with Crippen LogP contribution in [0.3, 0.4) is 0 Å². The number of aryl methyl sites for hydroxylation is 1. The zero-order chi connectivity index (χ0) is 13.9. The first kappa shape index (κ1) is 13.6. The number of hydrogen-bond donors (Lipinski definition) is 2. The molecular weight excluding hydrogens is 271 g/mol.